The van der Waals surface area contributed by atoms with E-state index in [2.05, 4.69) is 20.4 Å². The van der Waals surface area contributed by atoms with Crippen molar-refractivity contribution >= 4 is 9.84 Å². The number of aryl methyl sites for hydroxylation is 1. The number of nitrogens with zero attached hydrogens (tertiary/aromatic N) is 2. The van der Waals surface area contributed by atoms with Gasteiger partial charge in [-0.15, -0.1) is 0 Å². The fourth-order valence-corrected chi connectivity index (χ4v) is 3.73. The normalized spacial score (nSPS) is 17.2. The lowest BCUT2D eigenvalue weighted by atomic mass is 10.0. The third-order valence-electron chi connectivity index (χ3n) is 4.65. The molecule has 0 bridgehead atoms. The summed E-state index contributed by atoms with van der Waals surface area (Å²) < 4.78 is 28.2. The summed E-state index contributed by atoms with van der Waals surface area (Å²) in [6, 6.07) is 4.34. The van der Waals surface area contributed by atoms with Crippen LogP contribution < -0.4 is 5.32 Å². The van der Waals surface area contributed by atoms with Crippen molar-refractivity contribution in [1.82, 2.24) is 20.4 Å². The first-order valence-corrected chi connectivity index (χ1v) is 10.7. The number of aromatic nitrogens is 2. The number of likely N-dealkylation sites (tertiary alicyclic amines) is 1. The highest BCUT2D eigenvalue weighted by atomic mass is 32.2. The molecule has 7 nitrogen and oxygen atoms in total. The molecule has 25 heavy (non-hydrogen) atoms. The van der Waals surface area contributed by atoms with Crippen LogP contribution in [0.25, 0.3) is 11.5 Å². The van der Waals surface area contributed by atoms with Gasteiger partial charge in [-0.25, -0.2) is 8.42 Å². The Hall–Kier alpha value is -1.64. The number of nitrogens with one attached hydrogen (secondary N) is 2. The van der Waals surface area contributed by atoms with Crippen LogP contribution >= 0.6 is 0 Å². The molecular weight excluding hydrogens is 340 g/mol. The van der Waals surface area contributed by atoms with Crippen LogP contribution in [0.1, 0.15) is 24.2 Å². The predicted octanol–water partition coefficient (Wildman–Crippen LogP) is 1.58. The molecule has 0 radical (unpaired) electrons. The predicted molar refractivity (Wildman–Crippen MR) is 97.0 cm³/mol. The first-order chi connectivity index (χ1) is 11.9. The number of H-pyrrole nitrogens is 1. The highest BCUT2D eigenvalue weighted by molar-refractivity contribution is 7.90. The van der Waals surface area contributed by atoms with E-state index in [0.29, 0.717) is 12.6 Å². The van der Waals surface area contributed by atoms with E-state index in [1.54, 1.807) is 0 Å². The highest BCUT2D eigenvalue weighted by Crippen LogP contribution is 2.23. The molecule has 0 aromatic carbocycles. The molecule has 0 amide bonds. The molecule has 0 atom stereocenters. The van der Waals surface area contributed by atoms with Crippen LogP contribution in [0.15, 0.2) is 22.7 Å². The monoisotopic (exact) mass is 366 g/mol. The Morgan fingerprint density at radius 3 is 2.76 bits per heavy atom. The van der Waals surface area contributed by atoms with Gasteiger partial charge in [-0.2, -0.15) is 5.10 Å². The Kier molecular flexibility index (Phi) is 5.61. The summed E-state index contributed by atoms with van der Waals surface area (Å²) in [5.74, 6) is 1.93. The van der Waals surface area contributed by atoms with Crippen molar-refractivity contribution in [2.45, 2.75) is 32.4 Å². The van der Waals surface area contributed by atoms with Gasteiger partial charge in [-0.1, -0.05) is 0 Å². The van der Waals surface area contributed by atoms with E-state index in [-0.39, 0.29) is 5.75 Å². The highest BCUT2D eigenvalue weighted by Gasteiger charge is 2.20. The maximum absolute atomic E-state index is 11.3. The van der Waals surface area contributed by atoms with E-state index in [4.69, 9.17) is 4.42 Å². The molecule has 2 N–H and O–H groups in total. The molecular formula is C17H26N4O3S. The lowest BCUT2D eigenvalue weighted by Gasteiger charge is -2.32. The van der Waals surface area contributed by atoms with Crippen LogP contribution in [0.5, 0.6) is 0 Å². The summed E-state index contributed by atoms with van der Waals surface area (Å²) in [7, 11) is -2.88. The third-order valence-corrected chi connectivity index (χ3v) is 5.58. The van der Waals surface area contributed by atoms with Crippen molar-refractivity contribution in [2.75, 3.05) is 31.6 Å². The Labute approximate surface area is 148 Å². The number of piperidine rings is 1. The van der Waals surface area contributed by atoms with Crippen LogP contribution in [0.4, 0.5) is 0 Å². The molecule has 0 aliphatic carbocycles. The smallest absolute Gasteiger partial charge is 0.152 e. The topological polar surface area (TPSA) is 91.2 Å². The number of hydrogen-bond acceptors (Lipinski definition) is 6. The lowest BCUT2D eigenvalue weighted by molar-refractivity contribution is 0.206. The molecule has 1 aliphatic heterocycles. The van der Waals surface area contributed by atoms with Gasteiger partial charge in [-0.3, -0.25) is 5.10 Å². The number of hydrogen-bond donors (Lipinski definition) is 2. The maximum atomic E-state index is 11.3. The minimum atomic E-state index is -2.88. The van der Waals surface area contributed by atoms with Gasteiger partial charge in [-0.05, 0) is 45.0 Å². The van der Waals surface area contributed by atoms with E-state index in [1.807, 2.05) is 25.3 Å². The standard InChI is InChI=1S/C17H26N4O3S/c1-13-3-4-16(24-13)17-14(12-19-20-17)11-18-15-5-7-21(8-6-15)9-10-25(2,22)23/h3-4,12,15,18H,5-11H2,1-2H3,(H,19,20). The summed E-state index contributed by atoms with van der Waals surface area (Å²) in [6.45, 7) is 5.16. The average molecular weight is 366 g/mol. The Morgan fingerprint density at radius 2 is 2.12 bits per heavy atom. The molecule has 0 unspecified atom stereocenters. The fraction of sp³-hybridized carbons (Fsp3) is 0.588. The van der Waals surface area contributed by atoms with E-state index >= 15 is 0 Å². The molecule has 3 heterocycles. The van der Waals surface area contributed by atoms with Gasteiger partial charge in [0.2, 0.25) is 0 Å². The Balaban J connectivity index is 1.47. The molecule has 3 rings (SSSR count). The van der Waals surface area contributed by atoms with Crippen molar-refractivity contribution < 1.29 is 12.8 Å². The lowest BCUT2D eigenvalue weighted by Crippen LogP contribution is -2.43. The van der Waals surface area contributed by atoms with Crippen LogP contribution in [-0.4, -0.2) is 61.2 Å². The van der Waals surface area contributed by atoms with Gasteiger partial charge in [0.05, 0.1) is 11.9 Å². The quantitative estimate of drug-likeness (QED) is 0.773. The van der Waals surface area contributed by atoms with Crippen molar-refractivity contribution in [3.8, 4) is 11.5 Å². The first kappa shape index (κ1) is 18.2. The van der Waals surface area contributed by atoms with Gasteiger partial charge >= 0.3 is 0 Å². The summed E-state index contributed by atoms with van der Waals surface area (Å²) in [4.78, 5) is 2.23. The van der Waals surface area contributed by atoms with Gasteiger partial charge < -0.3 is 14.6 Å². The molecule has 0 spiro atoms. The first-order valence-electron chi connectivity index (χ1n) is 8.63. The third kappa shape index (κ3) is 5.17. The average Bonchev–Trinajstić information content (AvgIpc) is 3.19. The maximum Gasteiger partial charge on any atom is 0.152 e. The van der Waals surface area contributed by atoms with Gasteiger partial charge in [0.1, 0.15) is 21.3 Å². The van der Waals surface area contributed by atoms with Crippen molar-refractivity contribution in [3.05, 3.63) is 29.7 Å². The van der Waals surface area contributed by atoms with Crippen molar-refractivity contribution in [1.29, 1.82) is 0 Å². The van der Waals surface area contributed by atoms with Gasteiger partial charge in [0, 0.05) is 31.0 Å². The van der Waals surface area contributed by atoms with Crippen LogP contribution in [0.3, 0.4) is 0 Å². The second kappa shape index (κ2) is 7.72. The van der Waals surface area contributed by atoms with Crippen molar-refractivity contribution in [2.24, 2.45) is 0 Å². The summed E-state index contributed by atoms with van der Waals surface area (Å²) in [5, 5.41) is 10.7. The summed E-state index contributed by atoms with van der Waals surface area (Å²) in [6.07, 6.45) is 5.18. The minimum Gasteiger partial charge on any atom is -0.460 e. The van der Waals surface area contributed by atoms with Gasteiger partial charge in [0.25, 0.3) is 0 Å². The molecule has 2 aromatic heterocycles. The zero-order valence-electron chi connectivity index (χ0n) is 14.8. The second-order valence-electron chi connectivity index (χ2n) is 6.81. The Morgan fingerprint density at radius 1 is 1.36 bits per heavy atom. The van der Waals surface area contributed by atoms with E-state index in [9.17, 15) is 8.42 Å². The van der Waals surface area contributed by atoms with Crippen LogP contribution in [-0.2, 0) is 16.4 Å². The number of sulfone groups is 1. The van der Waals surface area contributed by atoms with E-state index in [1.165, 1.54) is 6.26 Å². The number of furan rings is 1. The second-order valence-corrected chi connectivity index (χ2v) is 9.07. The Bertz CT molecular complexity index is 788. The summed E-state index contributed by atoms with van der Waals surface area (Å²) >= 11 is 0. The summed E-state index contributed by atoms with van der Waals surface area (Å²) in [5.41, 5.74) is 2.01. The van der Waals surface area contributed by atoms with Crippen LogP contribution in [0, 0.1) is 6.92 Å². The minimum absolute atomic E-state index is 0.242. The van der Waals surface area contributed by atoms with Gasteiger partial charge in [0.15, 0.2) is 5.76 Å². The SMILES string of the molecule is Cc1ccc(-c2[nH]ncc2CNC2CCN(CCS(C)(=O)=O)CC2)o1. The van der Waals surface area contributed by atoms with E-state index < -0.39 is 9.84 Å². The number of aromatic amines is 1. The molecule has 0 saturated carbocycles. The zero-order valence-corrected chi connectivity index (χ0v) is 15.6. The van der Waals surface area contributed by atoms with Crippen LogP contribution in [0.2, 0.25) is 0 Å². The molecule has 2 aromatic rings. The fourth-order valence-electron chi connectivity index (χ4n) is 3.14. The molecule has 1 saturated heterocycles. The molecule has 1 fully saturated rings. The van der Waals surface area contributed by atoms with E-state index in [0.717, 1.165) is 55.3 Å². The molecule has 138 valence electrons. The van der Waals surface area contributed by atoms with Crippen molar-refractivity contribution in [3.63, 3.8) is 0 Å². The number of rotatable bonds is 7. The zero-order chi connectivity index (χ0) is 17.9. The molecule has 1 aliphatic rings. The molecule has 8 heteroatoms. The largest absolute Gasteiger partial charge is 0.460 e.